The van der Waals surface area contributed by atoms with Gasteiger partial charge in [-0.1, -0.05) is 55.3 Å². The molecular formula is C39H48N2O8. The van der Waals surface area contributed by atoms with Crippen LogP contribution >= 0.6 is 0 Å². The Morgan fingerprint density at radius 1 is 0.653 bits per heavy atom. The van der Waals surface area contributed by atoms with E-state index in [4.69, 9.17) is 9.47 Å². The van der Waals surface area contributed by atoms with Crippen LogP contribution in [0.15, 0.2) is 84.9 Å². The molecule has 0 spiro atoms. The Labute approximate surface area is 288 Å². The molecular weight excluding hydrogens is 624 g/mol. The van der Waals surface area contributed by atoms with Gasteiger partial charge in [-0.05, 0) is 94.3 Å². The molecule has 0 fully saturated rings. The van der Waals surface area contributed by atoms with Gasteiger partial charge in [0.05, 0.1) is 23.3 Å². The van der Waals surface area contributed by atoms with Crippen molar-refractivity contribution in [2.45, 2.75) is 72.3 Å². The maximum atomic E-state index is 12.8. The maximum absolute atomic E-state index is 12.8. The van der Waals surface area contributed by atoms with Crippen LogP contribution in [0.2, 0.25) is 0 Å². The zero-order chi connectivity index (χ0) is 36.3. The second kappa shape index (κ2) is 17.6. The standard InChI is InChI=1S/C28H31NO5.C11H17NO3/c1-18-6-10-20(11-7-18)26(31)33-24-15-14-22(23(30)17-29-28(3,4)5)16-25(24)34-27(32)21-12-8-19(2)9-13-21;1-7(2)12-6-11(15)8-3-9(13)5-10(14)4-8/h6-16,23,29-30H,17H2,1-5H3;3-5,7,11-15H,6H2,1-2H3. The van der Waals surface area contributed by atoms with Crippen molar-refractivity contribution in [1.82, 2.24) is 10.6 Å². The minimum Gasteiger partial charge on any atom is -0.508 e. The van der Waals surface area contributed by atoms with Crippen LogP contribution in [0.4, 0.5) is 0 Å². The van der Waals surface area contributed by atoms with Crippen molar-refractivity contribution in [3.8, 4) is 23.0 Å². The second-order valence-corrected chi connectivity index (χ2v) is 13.2. The van der Waals surface area contributed by atoms with Gasteiger partial charge in [0.1, 0.15) is 11.5 Å². The summed E-state index contributed by atoms with van der Waals surface area (Å²) in [4.78, 5) is 25.5. The predicted molar refractivity (Wildman–Crippen MR) is 189 cm³/mol. The number of carbonyl (C=O) groups is 2. The van der Waals surface area contributed by atoms with E-state index in [9.17, 15) is 30.0 Å². The van der Waals surface area contributed by atoms with Crippen LogP contribution in [0.5, 0.6) is 23.0 Å². The second-order valence-electron chi connectivity index (χ2n) is 13.2. The fraction of sp³-hybridized carbons (Fsp3) is 0.333. The number of carbonyl (C=O) groups excluding carboxylic acids is 2. The van der Waals surface area contributed by atoms with Crippen molar-refractivity contribution in [2.75, 3.05) is 13.1 Å². The van der Waals surface area contributed by atoms with Gasteiger partial charge in [-0.2, -0.15) is 0 Å². The first-order valence-electron chi connectivity index (χ1n) is 16.1. The summed E-state index contributed by atoms with van der Waals surface area (Å²) in [6, 6.07) is 23.0. The van der Waals surface area contributed by atoms with Gasteiger partial charge >= 0.3 is 11.9 Å². The van der Waals surface area contributed by atoms with Crippen LogP contribution in [0, 0.1) is 13.8 Å². The van der Waals surface area contributed by atoms with Gasteiger partial charge < -0.3 is 40.5 Å². The predicted octanol–water partition coefficient (Wildman–Crippen LogP) is 6.29. The van der Waals surface area contributed by atoms with Crippen LogP contribution in [-0.4, -0.2) is 57.0 Å². The van der Waals surface area contributed by atoms with Crippen LogP contribution in [0.1, 0.15) is 89.8 Å². The lowest BCUT2D eigenvalue weighted by Crippen LogP contribution is -2.38. The Bertz CT molecular complexity index is 1660. The molecule has 49 heavy (non-hydrogen) atoms. The fourth-order valence-corrected chi connectivity index (χ4v) is 4.39. The Hall–Kier alpha value is -4.74. The first-order valence-corrected chi connectivity index (χ1v) is 16.1. The number of ether oxygens (including phenoxy) is 2. The zero-order valence-electron chi connectivity index (χ0n) is 29.2. The van der Waals surface area contributed by atoms with Crippen molar-refractivity contribution < 1.29 is 39.5 Å². The molecule has 262 valence electrons. The van der Waals surface area contributed by atoms with Gasteiger partial charge in [0, 0.05) is 30.7 Å². The van der Waals surface area contributed by atoms with Gasteiger partial charge in [0.2, 0.25) is 0 Å². The van der Waals surface area contributed by atoms with Crippen molar-refractivity contribution >= 4 is 11.9 Å². The number of aromatic hydroxyl groups is 2. The Morgan fingerprint density at radius 3 is 1.59 bits per heavy atom. The van der Waals surface area contributed by atoms with Gasteiger partial charge in [-0.25, -0.2) is 9.59 Å². The molecule has 10 heteroatoms. The summed E-state index contributed by atoms with van der Waals surface area (Å²) in [5, 5.41) is 45.2. The normalized spacial score (nSPS) is 12.4. The van der Waals surface area contributed by atoms with Gasteiger partial charge in [-0.3, -0.25) is 0 Å². The molecule has 0 aliphatic carbocycles. The highest BCUT2D eigenvalue weighted by Crippen LogP contribution is 2.32. The minimum atomic E-state index is -0.849. The first kappa shape index (κ1) is 38.7. The molecule has 4 aromatic rings. The van der Waals surface area contributed by atoms with Crippen molar-refractivity contribution in [2.24, 2.45) is 0 Å². The van der Waals surface area contributed by atoms with Gasteiger partial charge in [0.25, 0.3) is 0 Å². The van der Waals surface area contributed by atoms with Crippen LogP contribution in [0.25, 0.3) is 0 Å². The van der Waals surface area contributed by atoms with Crippen LogP contribution < -0.4 is 20.1 Å². The summed E-state index contributed by atoms with van der Waals surface area (Å²) in [5.41, 5.74) is 3.62. The smallest absolute Gasteiger partial charge is 0.343 e. The van der Waals surface area contributed by atoms with Crippen molar-refractivity contribution in [3.63, 3.8) is 0 Å². The van der Waals surface area contributed by atoms with E-state index in [2.05, 4.69) is 10.6 Å². The Kier molecular flexibility index (Phi) is 13.9. The summed E-state index contributed by atoms with van der Waals surface area (Å²) in [7, 11) is 0. The highest BCUT2D eigenvalue weighted by molar-refractivity contribution is 5.93. The number of esters is 2. The summed E-state index contributed by atoms with van der Waals surface area (Å²) in [6.45, 7) is 14.5. The van der Waals surface area contributed by atoms with Crippen molar-refractivity contribution in [3.05, 3.63) is 118 Å². The number of phenols is 2. The van der Waals surface area contributed by atoms with Crippen LogP contribution in [-0.2, 0) is 0 Å². The number of hydrogen-bond acceptors (Lipinski definition) is 10. The van der Waals surface area contributed by atoms with E-state index >= 15 is 0 Å². The number of aryl methyl sites for hydroxylation is 2. The number of aliphatic hydroxyl groups excluding tert-OH is 2. The van der Waals surface area contributed by atoms with E-state index in [0.717, 1.165) is 11.1 Å². The fourth-order valence-electron chi connectivity index (χ4n) is 4.39. The molecule has 4 aromatic carbocycles. The summed E-state index contributed by atoms with van der Waals surface area (Å²) in [6.07, 6.45) is -1.58. The minimum absolute atomic E-state index is 0.0476. The van der Waals surface area contributed by atoms with Gasteiger partial charge in [-0.15, -0.1) is 0 Å². The lowest BCUT2D eigenvalue weighted by molar-refractivity contribution is 0.0681. The molecule has 0 bridgehead atoms. The molecule has 2 unspecified atom stereocenters. The van der Waals surface area contributed by atoms with E-state index in [1.807, 2.05) is 72.7 Å². The summed E-state index contributed by atoms with van der Waals surface area (Å²) >= 11 is 0. The Morgan fingerprint density at radius 2 is 1.12 bits per heavy atom. The lowest BCUT2D eigenvalue weighted by atomic mass is 10.1. The number of nitrogens with one attached hydrogen (secondary N) is 2. The molecule has 0 aliphatic rings. The Balaban J connectivity index is 0.000000362. The average Bonchev–Trinajstić information content (AvgIpc) is 3.03. The molecule has 4 rings (SSSR count). The molecule has 10 nitrogen and oxygen atoms in total. The molecule has 0 radical (unpaired) electrons. The number of phenolic OH excluding ortho intramolecular Hbond substituents is 2. The first-order chi connectivity index (χ1) is 23.0. The third-order valence-corrected chi connectivity index (χ3v) is 7.19. The van der Waals surface area contributed by atoms with Crippen molar-refractivity contribution in [1.29, 1.82) is 0 Å². The molecule has 0 aromatic heterocycles. The molecule has 2 atom stereocenters. The summed E-state index contributed by atoms with van der Waals surface area (Å²) in [5.74, 6) is -1.12. The largest absolute Gasteiger partial charge is 0.508 e. The van der Waals surface area contributed by atoms with E-state index < -0.39 is 24.1 Å². The number of hydrogen-bond donors (Lipinski definition) is 6. The maximum Gasteiger partial charge on any atom is 0.343 e. The molecule has 0 amide bonds. The molecule has 0 heterocycles. The number of benzene rings is 4. The number of rotatable bonds is 11. The van der Waals surface area contributed by atoms with E-state index in [1.165, 1.54) is 30.3 Å². The number of β-amino-alcohol motifs (C(OH)–C–C–N with tert-alkyl or cyclic N) is 1. The highest BCUT2D eigenvalue weighted by atomic mass is 16.6. The quantitative estimate of drug-likeness (QED) is 0.0790. The highest BCUT2D eigenvalue weighted by Gasteiger charge is 2.20. The van der Waals surface area contributed by atoms with E-state index in [-0.39, 0.29) is 34.6 Å². The zero-order valence-corrected chi connectivity index (χ0v) is 29.2. The SMILES string of the molecule is CC(C)NCC(O)c1cc(O)cc(O)c1.Cc1ccc(C(=O)Oc2ccc(C(O)CNC(C)(C)C)cc2OC(=O)c2ccc(C)cc2)cc1. The van der Waals surface area contributed by atoms with Gasteiger partial charge in [0.15, 0.2) is 11.5 Å². The van der Waals surface area contributed by atoms with Crippen LogP contribution in [0.3, 0.4) is 0 Å². The lowest BCUT2D eigenvalue weighted by Gasteiger charge is -2.23. The topological polar surface area (TPSA) is 158 Å². The molecule has 0 aliphatic heterocycles. The molecule has 0 saturated heterocycles. The van der Waals surface area contributed by atoms with E-state index in [1.54, 1.807) is 30.3 Å². The number of aliphatic hydroxyl groups is 2. The molecule has 6 N–H and O–H groups in total. The molecule has 0 saturated carbocycles. The third-order valence-electron chi connectivity index (χ3n) is 7.19. The third kappa shape index (κ3) is 13.0. The monoisotopic (exact) mass is 672 g/mol. The average molecular weight is 673 g/mol. The van der Waals surface area contributed by atoms with E-state index in [0.29, 0.717) is 35.3 Å². The summed E-state index contributed by atoms with van der Waals surface area (Å²) < 4.78 is 11.2.